The van der Waals surface area contributed by atoms with Gasteiger partial charge in [-0.15, -0.1) is 0 Å². The third-order valence-electron chi connectivity index (χ3n) is 1.32. The van der Waals surface area contributed by atoms with E-state index in [0.717, 1.165) is 0 Å². The number of hydrazine groups is 1. The van der Waals surface area contributed by atoms with Gasteiger partial charge in [0.05, 0.1) is 5.56 Å². The highest BCUT2D eigenvalue weighted by Crippen LogP contribution is 1.93. The summed E-state index contributed by atoms with van der Waals surface area (Å²) in [6.45, 7) is -0.659. The molecule has 4 N–H and O–H groups in total. The van der Waals surface area contributed by atoms with Crippen LogP contribution in [0.4, 0.5) is 0 Å². The summed E-state index contributed by atoms with van der Waals surface area (Å²) in [5, 5.41) is 8.31. The Bertz CT molecular complexity index is 294. The minimum absolute atomic E-state index is 0.401. The summed E-state index contributed by atoms with van der Waals surface area (Å²) >= 11 is 0. The number of rotatable bonds is 2. The molecule has 0 aliphatic heterocycles. The Morgan fingerprint density at radius 2 is 2.23 bits per heavy atom. The maximum Gasteiger partial charge on any atom is 0.271 e. The molecule has 2 amide bonds. The van der Waals surface area contributed by atoms with Crippen LogP contribution < -0.4 is 10.9 Å². The number of H-pyrrole nitrogens is 1. The second-order valence-corrected chi connectivity index (χ2v) is 2.26. The van der Waals surface area contributed by atoms with Crippen LogP contribution in [0.25, 0.3) is 0 Å². The van der Waals surface area contributed by atoms with Crippen LogP contribution in [0, 0.1) is 0 Å². The van der Waals surface area contributed by atoms with E-state index in [1.807, 2.05) is 5.43 Å². The highest BCUT2D eigenvalue weighted by molar-refractivity contribution is 5.95. The summed E-state index contributed by atoms with van der Waals surface area (Å²) in [5.74, 6) is -1.10. The number of aromatic amines is 1. The molecule has 0 unspecified atom stereocenters. The molecule has 1 aromatic heterocycles. The number of nitrogens with one attached hydrogen (secondary N) is 3. The first-order valence-electron chi connectivity index (χ1n) is 3.57. The van der Waals surface area contributed by atoms with E-state index in [2.05, 4.69) is 10.4 Å². The van der Waals surface area contributed by atoms with Gasteiger partial charge in [-0.1, -0.05) is 0 Å². The fourth-order valence-electron chi connectivity index (χ4n) is 0.703. The van der Waals surface area contributed by atoms with Gasteiger partial charge in [-0.05, 0) is 6.07 Å². The molecule has 0 saturated carbocycles. The predicted octanol–water partition coefficient (Wildman–Crippen LogP) is -1.23. The predicted molar refractivity (Wildman–Crippen MR) is 43.5 cm³/mol. The van der Waals surface area contributed by atoms with Gasteiger partial charge in [-0.3, -0.25) is 20.4 Å². The molecule has 1 aromatic rings. The Kier molecular flexibility index (Phi) is 3.04. The van der Waals surface area contributed by atoms with Crippen molar-refractivity contribution in [1.29, 1.82) is 0 Å². The van der Waals surface area contributed by atoms with Crippen molar-refractivity contribution in [2.24, 2.45) is 0 Å². The quantitative estimate of drug-likeness (QED) is 0.432. The summed E-state index contributed by atoms with van der Waals surface area (Å²) in [6.07, 6.45) is 3.07. The number of carbonyl (C=O) groups excluding carboxylic acids is 2. The van der Waals surface area contributed by atoms with Crippen LogP contribution >= 0.6 is 0 Å². The van der Waals surface area contributed by atoms with Crippen molar-refractivity contribution in [1.82, 2.24) is 15.8 Å². The van der Waals surface area contributed by atoms with E-state index < -0.39 is 18.4 Å². The average Bonchev–Trinajstić information content (AvgIpc) is 2.66. The molecule has 0 aromatic carbocycles. The van der Waals surface area contributed by atoms with Gasteiger partial charge in [-0.2, -0.15) is 0 Å². The largest absolute Gasteiger partial charge is 0.386 e. The highest BCUT2D eigenvalue weighted by Gasteiger charge is 2.05. The number of aliphatic hydroxyl groups excluding tert-OH is 1. The number of aliphatic hydroxyl groups is 1. The number of carbonyl (C=O) groups is 2. The monoisotopic (exact) mass is 183 g/mol. The Labute approximate surface area is 73.9 Å². The lowest BCUT2D eigenvalue weighted by molar-refractivity contribution is -0.124. The van der Waals surface area contributed by atoms with Gasteiger partial charge >= 0.3 is 0 Å². The lowest BCUT2D eigenvalue weighted by Gasteiger charge is -2.03. The molecule has 6 nitrogen and oxygen atoms in total. The molecular weight excluding hydrogens is 174 g/mol. The fraction of sp³-hybridized carbons (Fsp3) is 0.143. The molecule has 0 aliphatic rings. The zero-order valence-corrected chi connectivity index (χ0v) is 6.70. The zero-order valence-electron chi connectivity index (χ0n) is 6.70. The normalized spacial score (nSPS) is 9.31. The van der Waals surface area contributed by atoms with Gasteiger partial charge in [0.1, 0.15) is 6.61 Å². The Balaban J connectivity index is 2.39. The van der Waals surface area contributed by atoms with Crippen LogP contribution in [-0.2, 0) is 4.79 Å². The molecule has 0 radical (unpaired) electrons. The smallest absolute Gasteiger partial charge is 0.271 e. The first-order valence-corrected chi connectivity index (χ1v) is 3.57. The number of aromatic nitrogens is 1. The summed E-state index contributed by atoms with van der Waals surface area (Å²) in [4.78, 5) is 24.3. The SMILES string of the molecule is O=C(CO)NNC(=O)c1cc[nH]c1. The molecule has 6 heteroatoms. The third kappa shape index (κ3) is 2.60. The van der Waals surface area contributed by atoms with E-state index in [0.29, 0.717) is 5.56 Å². The molecule has 0 fully saturated rings. The van der Waals surface area contributed by atoms with E-state index >= 15 is 0 Å². The summed E-state index contributed by atoms with van der Waals surface area (Å²) in [5.41, 5.74) is 4.54. The zero-order chi connectivity index (χ0) is 9.68. The molecule has 0 spiro atoms. The maximum absolute atomic E-state index is 11.1. The molecule has 13 heavy (non-hydrogen) atoms. The summed E-state index contributed by atoms with van der Waals surface area (Å²) < 4.78 is 0. The Hall–Kier alpha value is -1.82. The minimum atomic E-state index is -0.663. The van der Waals surface area contributed by atoms with Crippen molar-refractivity contribution in [3.63, 3.8) is 0 Å². The van der Waals surface area contributed by atoms with E-state index in [1.54, 1.807) is 12.3 Å². The second kappa shape index (κ2) is 4.27. The highest BCUT2D eigenvalue weighted by atomic mass is 16.3. The number of hydrogen-bond donors (Lipinski definition) is 4. The molecule has 0 aliphatic carbocycles. The average molecular weight is 183 g/mol. The van der Waals surface area contributed by atoms with Gasteiger partial charge < -0.3 is 10.1 Å². The first-order chi connectivity index (χ1) is 6.24. The van der Waals surface area contributed by atoms with Crippen LogP contribution in [0.1, 0.15) is 10.4 Å². The van der Waals surface area contributed by atoms with E-state index in [9.17, 15) is 9.59 Å². The lowest BCUT2D eigenvalue weighted by atomic mass is 10.3. The van der Waals surface area contributed by atoms with Crippen LogP contribution in [0.2, 0.25) is 0 Å². The molecular formula is C7H9N3O3. The van der Waals surface area contributed by atoms with E-state index in [4.69, 9.17) is 5.11 Å². The number of amides is 2. The van der Waals surface area contributed by atoms with Crippen LogP contribution in [0.3, 0.4) is 0 Å². The van der Waals surface area contributed by atoms with Crippen molar-refractivity contribution in [3.8, 4) is 0 Å². The molecule has 70 valence electrons. The van der Waals surface area contributed by atoms with Crippen molar-refractivity contribution >= 4 is 11.8 Å². The van der Waals surface area contributed by atoms with Gasteiger partial charge in [0.25, 0.3) is 11.8 Å². The first kappa shape index (κ1) is 9.27. The van der Waals surface area contributed by atoms with Crippen molar-refractivity contribution in [2.45, 2.75) is 0 Å². The molecule has 1 rings (SSSR count). The maximum atomic E-state index is 11.1. The van der Waals surface area contributed by atoms with Crippen molar-refractivity contribution in [2.75, 3.05) is 6.61 Å². The minimum Gasteiger partial charge on any atom is -0.386 e. The molecule has 0 atom stereocenters. The number of hydrogen-bond acceptors (Lipinski definition) is 3. The molecule has 0 bridgehead atoms. The lowest BCUT2D eigenvalue weighted by Crippen LogP contribution is -2.42. The standard InChI is InChI=1S/C7H9N3O3/c11-4-6(12)9-10-7(13)5-1-2-8-3-5/h1-3,8,11H,4H2,(H,9,12)(H,10,13). The summed E-state index contributed by atoms with van der Waals surface area (Å²) in [7, 11) is 0. The van der Waals surface area contributed by atoms with Crippen LogP contribution in [0.15, 0.2) is 18.5 Å². The van der Waals surface area contributed by atoms with Crippen molar-refractivity contribution < 1.29 is 14.7 Å². The molecule has 1 heterocycles. The van der Waals surface area contributed by atoms with Gasteiger partial charge in [-0.25, -0.2) is 0 Å². The van der Waals surface area contributed by atoms with E-state index in [1.165, 1.54) is 6.20 Å². The third-order valence-corrected chi connectivity index (χ3v) is 1.32. The molecule has 0 saturated heterocycles. The van der Waals surface area contributed by atoms with Gasteiger partial charge in [0.15, 0.2) is 0 Å². The summed E-state index contributed by atoms with van der Waals surface area (Å²) in [6, 6.07) is 1.56. The Morgan fingerprint density at radius 1 is 1.46 bits per heavy atom. The van der Waals surface area contributed by atoms with Gasteiger partial charge in [0, 0.05) is 12.4 Å². The Morgan fingerprint density at radius 3 is 2.77 bits per heavy atom. The van der Waals surface area contributed by atoms with Crippen LogP contribution in [0.5, 0.6) is 0 Å². The van der Waals surface area contributed by atoms with Crippen molar-refractivity contribution in [3.05, 3.63) is 24.0 Å². The fourth-order valence-corrected chi connectivity index (χ4v) is 0.703. The second-order valence-electron chi connectivity index (χ2n) is 2.26. The van der Waals surface area contributed by atoms with E-state index in [-0.39, 0.29) is 0 Å². The van der Waals surface area contributed by atoms with Crippen LogP contribution in [-0.4, -0.2) is 28.5 Å². The topological polar surface area (TPSA) is 94.2 Å². The van der Waals surface area contributed by atoms with Gasteiger partial charge in [0.2, 0.25) is 0 Å².